The Balaban J connectivity index is 2.57. The van der Waals surface area contributed by atoms with E-state index in [1.165, 1.54) is 7.11 Å². The van der Waals surface area contributed by atoms with Crippen LogP contribution in [0.25, 0.3) is 0 Å². The molecular weight excluding hydrogens is 206 g/mol. The van der Waals surface area contributed by atoms with E-state index < -0.39 is 24.2 Å². The Labute approximate surface area is 86.2 Å². The van der Waals surface area contributed by atoms with E-state index in [2.05, 4.69) is 4.74 Å². The van der Waals surface area contributed by atoms with Gasteiger partial charge in [-0.05, 0) is 0 Å². The third-order valence-corrected chi connectivity index (χ3v) is 2.22. The molecule has 0 saturated carbocycles. The summed E-state index contributed by atoms with van der Waals surface area (Å²) in [5.41, 5.74) is 0. The van der Waals surface area contributed by atoms with E-state index in [4.69, 9.17) is 14.9 Å². The number of carbonyl (C=O) groups is 2. The Morgan fingerprint density at radius 2 is 2.13 bits per heavy atom. The summed E-state index contributed by atoms with van der Waals surface area (Å²) in [5, 5.41) is 17.5. The van der Waals surface area contributed by atoms with Crippen LogP contribution in [0.4, 0.5) is 4.79 Å². The molecule has 0 aromatic rings. The summed E-state index contributed by atoms with van der Waals surface area (Å²) < 4.78 is 9.78. The fourth-order valence-electron chi connectivity index (χ4n) is 1.53. The van der Waals surface area contributed by atoms with Crippen molar-refractivity contribution < 1.29 is 29.3 Å². The van der Waals surface area contributed by atoms with Gasteiger partial charge in [0, 0.05) is 13.5 Å². The largest absolute Gasteiger partial charge is 0.480 e. The van der Waals surface area contributed by atoms with E-state index in [1.807, 2.05) is 0 Å². The van der Waals surface area contributed by atoms with Crippen LogP contribution < -0.4 is 0 Å². The number of hydrogen-bond donors (Lipinski definition) is 2. The predicted octanol–water partition coefficient (Wildman–Crippen LogP) is -0.188. The van der Waals surface area contributed by atoms with Crippen molar-refractivity contribution in [3.63, 3.8) is 0 Å². The third-order valence-electron chi connectivity index (χ3n) is 2.22. The van der Waals surface area contributed by atoms with Gasteiger partial charge in [-0.2, -0.15) is 0 Å². The van der Waals surface area contributed by atoms with E-state index in [9.17, 15) is 9.59 Å². The third kappa shape index (κ3) is 2.80. The monoisotopic (exact) mass is 219 g/mol. The van der Waals surface area contributed by atoms with Gasteiger partial charge in [0.05, 0.1) is 12.6 Å². The summed E-state index contributed by atoms with van der Waals surface area (Å²) in [4.78, 5) is 22.3. The molecule has 0 bridgehead atoms. The van der Waals surface area contributed by atoms with Crippen molar-refractivity contribution in [2.45, 2.75) is 18.6 Å². The van der Waals surface area contributed by atoms with Gasteiger partial charge in [0.25, 0.3) is 0 Å². The molecule has 1 saturated heterocycles. The summed E-state index contributed by atoms with van der Waals surface area (Å²) in [6.45, 7) is 0.0973. The molecule has 7 heteroatoms. The van der Waals surface area contributed by atoms with Crippen molar-refractivity contribution >= 4 is 12.1 Å². The van der Waals surface area contributed by atoms with Crippen LogP contribution in [0.15, 0.2) is 0 Å². The molecule has 2 atom stereocenters. The molecule has 0 unspecified atom stereocenters. The number of amides is 1. The van der Waals surface area contributed by atoms with Crippen LogP contribution in [0.3, 0.4) is 0 Å². The van der Waals surface area contributed by atoms with Crippen LogP contribution in [0, 0.1) is 0 Å². The lowest BCUT2D eigenvalue weighted by molar-refractivity contribution is -0.141. The van der Waals surface area contributed by atoms with Crippen LogP contribution in [0.1, 0.15) is 6.42 Å². The minimum atomic E-state index is -1.24. The quantitative estimate of drug-likeness (QED) is 0.636. The zero-order chi connectivity index (χ0) is 11.4. The van der Waals surface area contributed by atoms with Crippen molar-refractivity contribution in [1.29, 1.82) is 0 Å². The average Bonchev–Trinajstić information content (AvgIpc) is 2.58. The van der Waals surface area contributed by atoms with E-state index in [1.54, 1.807) is 0 Å². The van der Waals surface area contributed by atoms with Gasteiger partial charge >= 0.3 is 12.1 Å². The van der Waals surface area contributed by atoms with E-state index in [0.717, 1.165) is 4.90 Å². The Kier molecular flexibility index (Phi) is 3.87. The molecule has 0 aromatic carbocycles. The lowest BCUT2D eigenvalue weighted by Gasteiger charge is -2.16. The first-order valence-corrected chi connectivity index (χ1v) is 4.39. The van der Waals surface area contributed by atoms with Gasteiger partial charge in [0.2, 0.25) is 0 Å². The van der Waals surface area contributed by atoms with Gasteiger partial charge in [-0.3, -0.25) is 4.90 Å². The highest BCUT2D eigenvalue weighted by Gasteiger charge is 2.40. The minimum absolute atomic E-state index is 0.0322. The maximum Gasteiger partial charge on any atom is 0.408 e. The molecule has 86 valence electrons. The number of methoxy groups -OCH3 is 1. The second-order valence-electron chi connectivity index (χ2n) is 3.22. The van der Waals surface area contributed by atoms with Gasteiger partial charge in [-0.1, -0.05) is 0 Å². The summed E-state index contributed by atoms with van der Waals surface area (Å²) in [5.74, 6) is -1.15. The van der Waals surface area contributed by atoms with Crippen molar-refractivity contribution in [3.05, 3.63) is 0 Å². The molecule has 1 amide bonds. The maximum absolute atomic E-state index is 10.7. The molecule has 1 aliphatic heterocycles. The first-order chi connectivity index (χ1) is 7.06. The van der Waals surface area contributed by atoms with Crippen molar-refractivity contribution in [1.82, 2.24) is 4.90 Å². The SMILES string of the molecule is COCO[C@H]1C[C@@H](C(=O)O)N(C(=O)O)C1. The number of rotatable bonds is 4. The molecular formula is C8H13NO6. The highest BCUT2D eigenvalue weighted by atomic mass is 16.7. The highest BCUT2D eigenvalue weighted by molar-refractivity contribution is 5.80. The van der Waals surface area contributed by atoms with Crippen LogP contribution in [-0.2, 0) is 14.3 Å². The number of nitrogens with zero attached hydrogens (tertiary/aromatic N) is 1. The summed E-state index contributed by atoms with van der Waals surface area (Å²) >= 11 is 0. The first-order valence-electron chi connectivity index (χ1n) is 4.39. The number of carboxylic acids is 1. The Morgan fingerprint density at radius 1 is 1.47 bits per heavy atom. The predicted molar refractivity (Wildman–Crippen MR) is 47.5 cm³/mol. The summed E-state index contributed by atoms with van der Waals surface area (Å²) in [6, 6.07) is -1.02. The van der Waals surface area contributed by atoms with Gasteiger partial charge in [-0.25, -0.2) is 9.59 Å². The first kappa shape index (κ1) is 11.7. The normalized spacial score (nSPS) is 25.5. The van der Waals surface area contributed by atoms with E-state index in [-0.39, 0.29) is 19.8 Å². The average molecular weight is 219 g/mol. The fraction of sp³-hybridized carbons (Fsp3) is 0.750. The number of ether oxygens (including phenoxy) is 2. The van der Waals surface area contributed by atoms with Crippen molar-refractivity contribution in [2.24, 2.45) is 0 Å². The minimum Gasteiger partial charge on any atom is -0.480 e. The molecule has 1 aliphatic rings. The summed E-state index contributed by atoms with van der Waals surface area (Å²) in [6.07, 6.45) is -1.50. The molecule has 0 aliphatic carbocycles. The van der Waals surface area contributed by atoms with Crippen molar-refractivity contribution in [3.8, 4) is 0 Å². The Bertz CT molecular complexity index is 234. The van der Waals surface area contributed by atoms with Crippen LogP contribution in [-0.4, -0.2) is 59.8 Å². The molecule has 0 radical (unpaired) electrons. The molecule has 1 fully saturated rings. The molecule has 7 nitrogen and oxygen atoms in total. The van der Waals surface area contributed by atoms with Gasteiger partial charge < -0.3 is 19.7 Å². The fourth-order valence-corrected chi connectivity index (χ4v) is 1.53. The summed E-state index contributed by atoms with van der Waals surface area (Å²) in [7, 11) is 1.44. The van der Waals surface area contributed by atoms with Gasteiger partial charge in [-0.15, -0.1) is 0 Å². The molecule has 2 N–H and O–H groups in total. The highest BCUT2D eigenvalue weighted by Crippen LogP contribution is 2.20. The zero-order valence-electron chi connectivity index (χ0n) is 8.25. The van der Waals surface area contributed by atoms with Crippen LogP contribution in [0.2, 0.25) is 0 Å². The van der Waals surface area contributed by atoms with E-state index >= 15 is 0 Å². The molecule has 0 aromatic heterocycles. The maximum atomic E-state index is 10.7. The topological polar surface area (TPSA) is 96.3 Å². The van der Waals surface area contributed by atoms with Crippen LogP contribution in [0.5, 0.6) is 0 Å². The molecule has 1 heterocycles. The second-order valence-corrected chi connectivity index (χ2v) is 3.22. The molecule has 0 spiro atoms. The number of aliphatic carboxylic acids is 1. The van der Waals surface area contributed by atoms with Crippen LogP contribution >= 0.6 is 0 Å². The van der Waals surface area contributed by atoms with Gasteiger partial charge in [0.15, 0.2) is 0 Å². The number of likely N-dealkylation sites (tertiary alicyclic amines) is 1. The second kappa shape index (κ2) is 4.94. The van der Waals surface area contributed by atoms with Crippen molar-refractivity contribution in [2.75, 3.05) is 20.4 Å². The molecule has 1 rings (SSSR count). The Hall–Kier alpha value is -1.34. The zero-order valence-corrected chi connectivity index (χ0v) is 8.25. The molecule has 15 heavy (non-hydrogen) atoms. The smallest absolute Gasteiger partial charge is 0.408 e. The standard InChI is InChI=1S/C8H13NO6/c1-14-4-15-5-2-6(7(10)11)9(3-5)8(12)13/h5-6H,2-4H2,1H3,(H,10,11)(H,12,13)/t5-,6-/m0/s1. The van der Waals surface area contributed by atoms with E-state index in [0.29, 0.717) is 0 Å². The lowest BCUT2D eigenvalue weighted by Crippen LogP contribution is -2.39. The Morgan fingerprint density at radius 3 is 2.53 bits per heavy atom. The lowest BCUT2D eigenvalue weighted by atomic mass is 10.2. The number of carboxylic acid groups (broad SMARTS) is 2. The van der Waals surface area contributed by atoms with Gasteiger partial charge in [0.1, 0.15) is 12.8 Å². The number of hydrogen-bond acceptors (Lipinski definition) is 4.